The number of aromatic hydroxyl groups is 1. The fraction of sp³-hybridized carbons (Fsp3) is 0.455. The molecule has 2 saturated carbocycles. The van der Waals surface area contributed by atoms with Crippen molar-refractivity contribution in [2.45, 2.75) is 44.9 Å². The van der Waals surface area contributed by atoms with Gasteiger partial charge in [0.25, 0.3) is 0 Å². The summed E-state index contributed by atoms with van der Waals surface area (Å²) in [5, 5.41) is 9.77. The van der Waals surface area contributed by atoms with Crippen LogP contribution in [0.5, 0.6) is 11.5 Å². The Balaban J connectivity index is 1.53. The lowest BCUT2D eigenvalue weighted by atomic mass is 9.76. The van der Waals surface area contributed by atoms with Gasteiger partial charge in [0, 0.05) is 0 Å². The highest BCUT2D eigenvalue weighted by Gasteiger charge is 2.46. The highest BCUT2D eigenvalue weighted by atomic mass is 16.5. The van der Waals surface area contributed by atoms with Crippen LogP contribution in [0.1, 0.15) is 53.4 Å². The molecule has 2 fully saturated rings. The first-order valence-corrected chi connectivity index (χ1v) is 9.01. The van der Waals surface area contributed by atoms with E-state index in [-0.39, 0.29) is 0 Å². The van der Waals surface area contributed by atoms with Crippen LogP contribution < -0.4 is 4.74 Å². The lowest BCUT2D eigenvalue weighted by molar-refractivity contribution is 0.374. The summed E-state index contributed by atoms with van der Waals surface area (Å²) in [6.07, 6.45) is 3.92. The van der Waals surface area contributed by atoms with Crippen molar-refractivity contribution in [2.24, 2.45) is 11.8 Å². The number of aryl methyl sites for hydroxylation is 2. The van der Waals surface area contributed by atoms with E-state index in [1.165, 1.54) is 36.0 Å². The van der Waals surface area contributed by atoms with Crippen LogP contribution in [0.25, 0.3) is 0 Å². The molecule has 0 aromatic heterocycles. The number of ether oxygens (including phenoxy) is 1. The molecule has 4 rings (SSSR count). The average Bonchev–Trinajstić information content (AvgIpc) is 3.18. The van der Waals surface area contributed by atoms with Gasteiger partial charge >= 0.3 is 0 Å². The minimum absolute atomic E-state index is 0.411. The van der Waals surface area contributed by atoms with E-state index in [2.05, 4.69) is 37.3 Å². The summed E-state index contributed by atoms with van der Waals surface area (Å²) in [5.41, 5.74) is 5.14. The maximum atomic E-state index is 9.77. The van der Waals surface area contributed by atoms with Crippen molar-refractivity contribution >= 4 is 0 Å². The number of phenols is 1. The third-order valence-corrected chi connectivity index (χ3v) is 6.35. The number of methoxy groups -OCH3 is 1. The molecule has 0 amide bonds. The maximum absolute atomic E-state index is 9.77. The van der Waals surface area contributed by atoms with Crippen molar-refractivity contribution in [1.82, 2.24) is 0 Å². The molecule has 0 spiro atoms. The van der Waals surface area contributed by atoms with Crippen LogP contribution in [0.2, 0.25) is 0 Å². The molecule has 2 aliphatic carbocycles. The second-order valence-electron chi connectivity index (χ2n) is 7.72. The Labute approximate surface area is 144 Å². The van der Waals surface area contributed by atoms with Crippen LogP contribution in [0.3, 0.4) is 0 Å². The molecular formula is C22H26O2. The van der Waals surface area contributed by atoms with Crippen molar-refractivity contribution in [3.8, 4) is 11.5 Å². The SMILES string of the molecule is COc1ccc(C2C[C@@H]3C[C@H]2C[C@H]3c2ccc(O)c(C)c2)cc1C. The molecule has 2 aromatic rings. The van der Waals surface area contributed by atoms with Crippen molar-refractivity contribution in [1.29, 1.82) is 0 Å². The minimum atomic E-state index is 0.411. The molecule has 2 aliphatic rings. The summed E-state index contributed by atoms with van der Waals surface area (Å²) in [4.78, 5) is 0. The van der Waals surface area contributed by atoms with E-state index in [1.807, 2.05) is 13.0 Å². The van der Waals surface area contributed by atoms with Crippen molar-refractivity contribution in [3.05, 3.63) is 58.7 Å². The first-order chi connectivity index (χ1) is 11.6. The zero-order valence-corrected chi connectivity index (χ0v) is 14.8. The molecule has 2 nitrogen and oxygen atoms in total. The fourth-order valence-electron chi connectivity index (χ4n) is 5.13. The lowest BCUT2D eigenvalue weighted by Crippen LogP contribution is -2.15. The quantitative estimate of drug-likeness (QED) is 0.829. The summed E-state index contributed by atoms with van der Waals surface area (Å²) in [7, 11) is 1.74. The molecule has 0 heterocycles. The zero-order valence-electron chi connectivity index (χ0n) is 14.8. The van der Waals surface area contributed by atoms with Gasteiger partial charge in [-0.3, -0.25) is 0 Å². The smallest absolute Gasteiger partial charge is 0.121 e. The molecule has 1 N–H and O–H groups in total. The van der Waals surface area contributed by atoms with E-state index >= 15 is 0 Å². The second kappa shape index (κ2) is 5.84. The van der Waals surface area contributed by atoms with E-state index in [4.69, 9.17) is 4.74 Å². The Kier molecular flexibility index (Phi) is 3.79. The Morgan fingerprint density at radius 3 is 1.92 bits per heavy atom. The highest BCUT2D eigenvalue weighted by Crippen LogP contribution is 2.59. The van der Waals surface area contributed by atoms with Gasteiger partial charge in [0.05, 0.1) is 7.11 Å². The number of rotatable bonds is 3. The molecule has 2 heteroatoms. The largest absolute Gasteiger partial charge is 0.508 e. The summed E-state index contributed by atoms with van der Waals surface area (Å²) < 4.78 is 5.40. The van der Waals surface area contributed by atoms with Gasteiger partial charge < -0.3 is 9.84 Å². The monoisotopic (exact) mass is 322 g/mol. The highest BCUT2D eigenvalue weighted by molar-refractivity contribution is 5.40. The van der Waals surface area contributed by atoms with Gasteiger partial charge in [0.2, 0.25) is 0 Å². The summed E-state index contributed by atoms with van der Waals surface area (Å²) in [5.74, 6) is 4.35. The molecular weight excluding hydrogens is 296 g/mol. The van der Waals surface area contributed by atoms with Gasteiger partial charge in [0.1, 0.15) is 11.5 Å². The van der Waals surface area contributed by atoms with Gasteiger partial charge in [-0.05, 0) is 91.2 Å². The van der Waals surface area contributed by atoms with Crippen molar-refractivity contribution < 1.29 is 9.84 Å². The molecule has 2 bridgehead atoms. The number of phenolic OH excluding ortho intramolecular Hbond substituents is 1. The van der Waals surface area contributed by atoms with E-state index in [0.717, 1.165) is 23.1 Å². The third kappa shape index (κ3) is 2.49. The molecule has 0 aliphatic heterocycles. The molecule has 1 unspecified atom stereocenters. The predicted octanol–water partition coefficient (Wildman–Crippen LogP) is 5.31. The first kappa shape index (κ1) is 15.6. The van der Waals surface area contributed by atoms with Gasteiger partial charge in [-0.2, -0.15) is 0 Å². The molecule has 4 atom stereocenters. The second-order valence-corrected chi connectivity index (χ2v) is 7.72. The number of fused-ring (bicyclic) bond motifs is 2. The molecule has 0 radical (unpaired) electrons. The normalized spacial score (nSPS) is 28.3. The summed E-state index contributed by atoms with van der Waals surface area (Å²) in [6.45, 7) is 4.13. The van der Waals surface area contributed by atoms with Gasteiger partial charge in [-0.25, -0.2) is 0 Å². The first-order valence-electron chi connectivity index (χ1n) is 9.01. The van der Waals surface area contributed by atoms with E-state index in [0.29, 0.717) is 17.6 Å². The molecule has 2 aromatic carbocycles. The fourth-order valence-corrected chi connectivity index (χ4v) is 5.13. The van der Waals surface area contributed by atoms with E-state index < -0.39 is 0 Å². The molecule has 24 heavy (non-hydrogen) atoms. The Bertz CT molecular complexity index is 765. The zero-order chi connectivity index (χ0) is 16.8. The van der Waals surface area contributed by atoms with Gasteiger partial charge in [-0.1, -0.05) is 24.3 Å². The maximum Gasteiger partial charge on any atom is 0.121 e. The third-order valence-electron chi connectivity index (χ3n) is 6.35. The Morgan fingerprint density at radius 2 is 1.42 bits per heavy atom. The Hall–Kier alpha value is -1.96. The lowest BCUT2D eigenvalue weighted by Gasteiger charge is -2.29. The molecule has 126 valence electrons. The van der Waals surface area contributed by atoms with Crippen LogP contribution in [0.4, 0.5) is 0 Å². The van der Waals surface area contributed by atoms with Crippen molar-refractivity contribution in [3.63, 3.8) is 0 Å². The van der Waals surface area contributed by atoms with E-state index in [9.17, 15) is 5.11 Å². The van der Waals surface area contributed by atoms with Crippen LogP contribution >= 0.6 is 0 Å². The predicted molar refractivity (Wildman–Crippen MR) is 96.9 cm³/mol. The van der Waals surface area contributed by atoms with E-state index in [1.54, 1.807) is 7.11 Å². The van der Waals surface area contributed by atoms with Crippen LogP contribution in [-0.4, -0.2) is 12.2 Å². The summed E-state index contributed by atoms with van der Waals surface area (Å²) in [6, 6.07) is 12.9. The van der Waals surface area contributed by atoms with Crippen LogP contribution in [0.15, 0.2) is 36.4 Å². The van der Waals surface area contributed by atoms with Gasteiger partial charge in [0.15, 0.2) is 0 Å². The van der Waals surface area contributed by atoms with Crippen molar-refractivity contribution in [2.75, 3.05) is 7.11 Å². The van der Waals surface area contributed by atoms with Crippen LogP contribution in [-0.2, 0) is 0 Å². The number of hydrogen-bond acceptors (Lipinski definition) is 2. The average molecular weight is 322 g/mol. The number of benzene rings is 2. The molecule has 0 saturated heterocycles. The standard InChI is InChI=1S/C22H26O2/c1-13-8-15(4-6-21(13)23)19-11-18-10-17(19)12-20(18)16-5-7-22(24-3)14(2)9-16/h4-9,17-20,23H,10-12H2,1-3H3/t17-,18-,19-,20?/m0/s1. The topological polar surface area (TPSA) is 29.5 Å². The number of hydrogen-bond donors (Lipinski definition) is 1. The Morgan fingerprint density at radius 1 is 0.833 bits per heavy atom. The van der Waals surface area contributed by atoms with Crippen LogP contribution in [0, 0.1) is 25.7 Å². The van der Waals surface area contributed by atoms with Gasteiger partial charge in [-0.15, -0.1) is 0 Å². The minimum Gasteiger partial charge on any atom is -0.508 e. The summed E-state index contributed by atoms with van der Waals surface area (Å²) >= 11 is 0.